The third-order valence-corrected chi connectivity index (χ3v) is 3.70. The average molecular weight is 244 g/mol. The smallest absolute Gasteiger partial charge is 0.123 e. The van der Waals surface area contributed by atoms with E-state index in [0.717, 1.165) is 30.3 Å². The summed E-state index contributed by atoms with van der Waals surface area (Å²) < 4.78 is 5.38. The van der Waals surface area contributed by atoms with Crippen LogP contribution in [0.25, 0.3) is 0 Å². The minimum atomic E-state index is 0.607. The number of benzene rings is 1. The predicted molar refractivity (Wildman–Crippen MR) is 71.4 cm³/mol. The van der Waals surface area contributed by atoms with E-state index in [1.54, 1.807) is 13.2 Å². The van der Waals surface area contributed by atoms with Crippen molar-refractivity contribution in [3.63, 3.8) is 0 Å². The summed E-state index contributed by atoms with van der Waals surface area (Å²) in [6, 6.07) is 8.43. The normalized spacial score (nSPS) is 23.9. The van der Waals surface area contributed by atoms with Crippen LogP contribution in [-0.2, 0) is 6.54 Å². The highest BCUT2D eigenvalue weighted by Crippen LogP contribution is 2.28. The number of hydrogen-bond donors (Lipinski definition) is 0. The predicted octanol–water partition coefficient (Wildman–Crippen LogP) is 2.80. The maximum atomic E-state index is 8.98. The molecule has 1 aromatic carbocycles. The monoisotopic (exact) mass is 244 g/mol. The summed E-state index contributed by atoms with van der Waals surface area (Å²) in [5.74, 6) is 1.63. The fraction of sp³-hybridized carbons (Fsp3) is 0.533. The molecule has 1 fully saturated rings. The zero-order valence-corrected chi connectivity index (χ0v) is 11.3. The molecule has 3 heteroatoms. The molecule has 2 atom stereocenters. The molecule has 1 aromatic rings. The molecule has 2 rings (SSSR count). The fourth-order valence-corrected chi connectivity index (χ4v) is 2.80. The molecule has 96 valence electrons. The first-order valence-corrected chi connectivity index (χ1v) is 6.45. The minimum absolute atomic E-state index is 0.607. The summed E-state index contributed by atoms with van der Waals surface area (Å²) in [5, 5.41) is 8.98. The Bertz CT molecular complexity index is 464. The molecule has 18 heavy (non-hydrogen) atoms. The van der Waals surface area contributed by atoms with Gasteiger partial charge in [0.15, 0.2) is 0 Å². The number of nitriles is 1. The molecule has 0 aromatic heterocycles. The van der Waals surface area contributed by atoms with Crippen molar-refractivity contribution in [3.05, 3.63) is 29.3 Å². The van der Waals surface area contributed by atoms with Crippen LogP contribution in [0.2, 0.25) is 0 Å². The standard InChI is InChI=1S/C15H20N2O/c1-11-6-12(2)17(9-11)10-14-7-13(8-16)4-5-15(14)18-3/h4-5,7,11-12H,6,9-10H2,1-3H3. The Morgan fingerprint density at radius 1 is 1.44 bits per heavy atom. The van der Waals surface area contributed by atoms with Crippen LogP contribution in [0.1, 0.15) is 31.4 Å². The second kappa shape index (κ2) is 5.41. The van der Waals surface area contributed by atoms with Crippen LogP contribution < -0.4 is 4.74 Å². The highest BCUT2D eigenvalue weighted by molar-refractivity contribution is 5.42. The van der Waals surface area contributed by atoms with Crippen molar-refractivity contribution in [1.29, 1.82) is 5.26 Å². The van der Waals surface area contributed by atoms with E-state index in [0.29, 0.717) is 11.6 Å². The van der Waals surface area contributed by atoms with E-state index in [9.17, 15) is 0 Å². The van der Waals surface area contributed by atoms with E-state index in [1.807, 2.05) is 12.1 Å². The number of methoxy groups -OCH3 is 1. The Morgan fingerprint density at radius 3 is 2.78 bits per heavy atom. The summed E-state index contributed by atoms with van der Waals surface area (Å²) >= 11 is 0. The molecule has 0 radical (unpaired) electrons. The molecule has 0 saturated carbocycles. The van der Waals surface area contributed by atoms with Gasteiger partial charge in [-0.2, -0.15) is 5.26 Å². The summed E-state index contributed by atoms with van der Waals surface area (Å²) in [6.07, 6.45) is 1.25. The van der Waals surface area contributed by atoms with E-state index >= 15 is 0 Å². The topological polar surface area (TPSA) is 36.3 Å². The van der Waals surface area contributed by atoms with Crippen LogP contribution >= 0.6 is 0 Å². The van der Waals surface area contributed by atoms with E-state index < -0.39 is 0 Å². The molecule has 2 unspecified atom stereocenters. The highest BCUT2D eigenvalue weighted by atomic mass is 16.5. The first-order chi connectivity index (χ1) is 8.63. The Labute approximate surface area is 109 Å². The lowest BCUT2D eigenvalue weighted by atomic mass is 10.1. The Balaban J connectivity index is 2.20. The summed E-state index contributed by atoms with van der Waals surface area (Å²) in [4.78, 5) is 2.46. The number of ether oxygens (including phenoxy) is 1. The molecule has 0 aliphatic carbocycles. The van der Waals surface area contributed by atoms with Crippen LogP contribution in [0.4, 0.5) is 0 Å². The lowest BCUT2D eigenvalue weighted by molar-refractivity contribution is 0.252. The van der Waals surface area contributed by atoms with Gasteiger partial charge in [-0.05, 0) is 37.5 Å². The Morgan fingerprint density at radius 2 is 2.22 bits per heavy atom. The molecule has 1 saturated heterocycles. The van der Waals surface area contributed by atoms with Gasteiger partial charge in [-0.3, -0.25) is 4.90 Å². The van der Waals surface area contributed by atoms with Crippen LogP contribution in [0.15, 0.2) is 18.2 Å². The third kappa shape index (κ3) is 2.65. The van der Waals surface area contributed by atoms with Gasteiger partial charge in [0.2, 0.25) is 0 Å². The van der Waals surface area contributed by atoms with Crippen molar-refractivity contribution in [2.45, 2.75) is 32.9 Å². The van der Waals surface area contributed by atoms with Crippen molar-refractivity contribution < 1.29 is 4.74 Å². The third-order valence-electron chi connectivity index (χ3n) is 3.70. The number of likely N-dealkylation sites (tertiary alicyclic amines) is 1. The van der Waals surface area contributed by atoms with Gasteiger partial charge in [0, 0.05) is 24.7 Å². The largest absolute Gasteiger partial charge is 0.496 e. The highest BCUT2D eigenvalue weighted by Gasteiger charge is 2.26. The molecular weight excluding hydrogens is 224 g/mol. The molecule has 1 heterocycles. The summed E-state index contributed by atoms with van der Waals surface area (Å²) in [7, 11) is 1.68. The van der Waals surface area contributed by atoms with Crippen LogP contribution in [0, 0.1) is 17.2 Å². The van der Waals surface area contributed by atoms with Gasteiger partial charge in [-0.15, -0.1) is 0 Å². The van der Waals surface area contributed by atoms with E-state index in [4.69, 9.17) is 10.00 Å². The quantitative estimate of drug-likeness (QED) is 0.820. The van der Waals surface area contributed by atoms with Crippen molar-refractivity contribution in [2.24, 2.45) is 5.92 Å². The van der Waals surface area contributed by atoms with Gasteiger partial charge in [0.25, 0.3) is 0 Å². The summed E-state index contributed by atoms with van der Waals surface area (Å²) in [5.41, 5.74) is 1.81. The van der Waals surface area contributed by atoms with Gasteiger partial charge < -0.3 is 4.74 Å². The van der Waals surface area contributed by atoms with Gasteiger partial charge >= 0.3 is 0 Å². The van der Waals surface area contributed by atoms with Crippen LogP contribution in [0.3, 0.4) is 0 Å². The SMILES string of the molecule is COc1ccc(C#N)cc1CN1CC(C)CC1C. The van der Waals surface area contributed by atoms with Gasteiger partial charge in [-0.25, -0.2) is 0 Å². The second-order valence-corrected chi connectivity index (χ2v) is 5.26. The lowest BCUT2D eigenvalue weighted by Gasteiger charge is -2.22. The second-order valence-electron chi connectivity index (χ2n) is 5.26. The number of hydrogen-bond acceptors (Lipinski definition) is 3. The Kier molecular flexibility index (Phi) is 3.88. The molecule has 3 nitrogen and oxygen atoms in total. The minimum Gasteiger partial charge on any atom is -0.496 e. The van der Waals surface area contributed by atoms with E-state index in [2.05, 4.69) is 24.8 Å². The molecule has 1 aliphatic rings. The van der Waals surface area contributed by atoms with Crippen LogP contribution in [-0.4, -0.2) is 24.6 Å². The molecule has 0 N–H and O–H groups in total. The van der Waals surface area contributed by atoms with E-state index in [-0.39, 0.29) is 0 Å². The van der Waals surface area contributed by atoms with E-state index in [1.165, 1.54) is 6.42 Å². The van der Waals surface area contributed by atoms with Crippen molar-refractivity contribution in [3.8, 4) is 11.8 Å². The summed E-state index contributed by atoms with van der Waals surface area (Å²) in [6.45, 7) is 6.55. The van der Waals surface area contributed by atoms with Crippen molar-refractivity contribution >= 4 is 0 Å². The van der Waals surface area contributed by atoms with Gasteiger partial charge in [0.1, 0.15) is 5.75 Å². The van der Waals surface area contributed by atoms with Crippen molar-refractivity contribution in [1.82, 2.24) is 4.90 Å². The average Bonchev–Trinajstić information content (AvgIpc) is 2.67. The number of rotatable bonds is 3. The molecular formula is C15H20N2O. The maximum Gasteiger partial charge on any atom is 0.123 e. The zero-order valence-electron chi connectivity index (χ0n) is 11.3. The van der Waals surface area contributed by atoms with Gasteiger partial charge in [0.05, 0.1) is 18.7 Å². The molecule has 0 amide bonds. The maximum absolute atomic E-state index is 8.98. The molecule has 0 spiro atoms. The lowest BCUT2D eigenvalue weighted by Crippen LogP contribution is -2.26. The molecule has 1 aliphatic heterocycles. The van der Waals surface area contributed by atoms with Gasteiger partial charge in [-0.1, -0.05) is 6.92 Å². The van der Waals surface area contributed by atoms with Crippen LogP contribution in [0.5, 0.6) is 5.75 Å². The van der Waals surface area contributed by atoms with Crippen molar-refractivity contribution in [2.75, 3.05) is 13.7 Å². The molecule has 0 bridgehead atoms. The Hall–Kier alpha value is -1.53. The number of nitrogens with zero attached hydrogens (tertiary/aromatic N) is 2. The first kappa shape index (κ1) is 12.9. The zero-order chi connectivity index (χ0) is 13.1. The fourth-order valence-electron chi connectivity index (χ4n) is 2.80. The first-order valence-electron chi connectivity index (χ1n) is 6.45.